The van der Waals surface area contributed by atoms with E-state index in [9.17, 15) is 0 Å². The Morgan fingerprint density at radius 2 is 2.44 bits per heavy atom. The van der Waals surface area contributed by atoms with E-state index in [1.807, 2.05) is 30.4 Å². The number of rotatable bonds is 4. The second-order valence-corrected chi connectivity index (χ2v) is 5.94. The number of aromatic nitrogens is 2. The first-order valence-electron chi connectivity index (χ1n) is 5.56. The second kappa shape index (κ2) is 5.56. The fourth-order valence-corrected chi connectivity index (χ4v) is 3.73. The molecule has 0 aromatic carbocycles. The number of hydrogen-bond donors (Lipinski definition) is 0. The average Bonchev–Trinajstić information content (AvgIpc) is 2.82. The van der Waals surface area contributed by atoms with E-state index < -0.39 is 0 Å². The van der Waals surface area contributed by atoms with Crippen LogP contribution >= 0.6 is 27.7 Å². The van der Waals surface area contributed by atoms with E-state index in [4.69, 9.17) is 4.74 Å². The lowest BCUT2D eigenvalue weighted by Crippen LogP contribution is -2.08. The summed E-state index contributed by atoms with van der Waals surface area (Å²) in [6.07, 6.45) is 2.91. The zero-order valence-electron chi connectivity index (χ0n) is 9.70. The fourth-order valence-electron chi connectivity index (χ4n) is 1.90. The second-order valence-electron chi connectivity index (χ2n) is 4.12. The Labute approximate surface area is 109 Å². The van der Waals surface area contributed by atoms with Gasteiger partial charge in [0.25, 0.3) is 0 Å². The molecule has 0 saturated carbocycles. The van der Waals surface area contributed by atoms with Gasteiger partial charge in [-0.1, -0.05) is 0 Å². The van der Waals surface area contributed by atoms with Crippen molar-refractivity contribution in [1.82, 2.24) is 9.78 Å². The topological polar surface area (TPSA) is 27.1 Å². The molecule has 5 heteroatoms. The molecule has 1 unspecified atom stereocenters. The summed E-state index contributed by atoms with van der Waals surface area (Å²) in [5.41, 5.74) is 2.33. The maximum absolute atomic E-state index is 5.60. The zero-order chi connectivity index (χ0) is 11.5. The highest BCUT2D eigenvalue weighted by molar-refractivity contribution is 9.10. The first-order valence-corrected chi connectivity index (χ1v) is 7.50. The third-order valence-corrected chi connectivity index (χ3v) is 4.94. The van der Waals surface area contributed by atoms with Gasteiger partial charge < -0.3 is 4.74 Å². The highest BCUT2D eigenvalue weighted by atomic mass is 79.9. The van der Waals surface area contributed by atoms with Crippen molar-refractivity contribution < 1.29 is 4.74 Å². The van der Waals surface area contributed by atoms with Crippen LogP contribution in [-0.4, -0.2) is 28.2 Å². The van der Waals surface area contributed by atoms with Crippen molar-refractivity contribution in [1.29, 1.82) is 0 Å². The smallest absolute Gasteiger partial charge is 0.0738 e. The molecule has 1 aliphatic rings. The maximum Gasteiger partial charge on any atom is 0.0738 e. The summed E-state index contributed by atoms with van der Waals surface area (Å²) in [6.45, 7) is 2.97. The number of aryl methyl sites for hydroxylation is 2. The molecule has 0 bridgehead atoms. The van der Waals surface area contributed by atoms with Crippen molar-refractivity contribution in [3.8, 4) is 0 Å². The third kappa shape index (κ3) is 2.81. The SMILES string of the molecule is Cc1nn(C)c(CSCC2CCCO2)c1Br. The molecule has 2 rings (SSSR count). The van der Waals surface area contributed by atoms with Crippen molar-refractivity contribution in [2.24, 2.45) is 7.05 Å². The standard InChI is InChI=1S/C11H17BrN2OS/c1-8-11(12)10(14(2)13-8)7-16-6-9-4-3-5-15-9/h9H,3-7H2,1-2H3. The Kier molecular flexibility index (Phi) is 4.33. The van der Waals surface area contributed by atoms with Crippen molar-refractivity contribution in [2.75, 3.05) is 12.4 Å². The average molecular weight is 305 g/mol. The predicted octanol–water partition coefficient (Wildman–Crippen LogP) is 2.90. The van der Waals surface area contributed by atoms with Gasteiger partial charge in [0.1, 0.15) is 0 Å². The first-order chi connectivity index (χ1) is 7.68. The first kappa shape index (κ1) is 12.5. The zero-order valence-corrected chi connectivity index (χ0v) is 12.1. The van der Waals surface area contributed by atoms with E-state index in [0.29, 0.717) is 6.10 Å². The highest BCUT2D eigenvalue weighted by Gasteiger charge is 2.16. The quantitative estimate of drug-likeness (QED) is 0.856. The molecule has 1 aromatic heterocycles. The number of nitrogens with zero attached hydrogens (tertiary/aromatic N) is 2. The van der Waals surface area contributed by atoms with Crippen LogP contribution in [0.4, 0.5) is 0 Å². The summed E-state index contributed by atoms with van der Waals surface area (Å²) in [5, 5.41) is 4.39. The summed E-state index contributed by atoms with van der Waals surface area (Å²) in [7, 11) is 2.00. The summed E-state index contributed by atoms with van der Waals surface area (Å²) in [5.74, 6) is 2.09. The monoisotopic (exact) mass is 304 g/mol. The lowest BCUT2D eigenvalue weighted by atomic mass is 10.3. The molecule has 16 heavy (non-hydrogen) atoms. The van der Waals surface area contributed by atoms with Gasteiger partial charge in [0.2, 0.25) is 0 Å². The van der Waals surface area contributed by atoms with Crippen molar-refractivity contribution >= 4 is 27.7 Å². The van der Waals surface area contributed by atoms with Gasteiger partial charge in [0.05, 0.1) is 22.0 Å². The van der Waals surface area contributed by atoms with Crippen molar-refractivity contribution in [2.45, 2.75) is 31.6 Å². The van der Waals surface area contributed by atoms with Crippen LogP contribution in [0.2, 0.25) is 0 Å². The molecule has 0 spiro atoms. The van der Waals surface area contributed by atoms with Gasteiger partial charge in [-0.05, 0) is 35.7 Å². The van der Waals surface area contributed by atoms with Gasteiger partial charge in [-0.15, -0.1) is 0 Å². The van der Waals surface area contributed by atoms with Crippen LogP contribution in [0.15, 0.2) is 4.47 Å². The molecule has 0 amide bonds. The third-order valence-electron chi connectivity index (χ3n) is 2.83. The van der Waals surface area contributed by atoms with Crippen LogP contribution in [-0.2, 0) is 17.5 Å². The molecule has 0 radical (unpaired) electrons. The fraction of sp³-hybridized carbons (Fsp3) is 0.727. The van der Waals surface area contributed by atoms with Gasteiger partial charge >= 0.3 is 0 Å². The Hall–Kier alpha value is -0.0000000000000000555. The van der Waals surface area contributed by atoms with Crippen LogP contribution in [0.25, 0.3) is 0 Å². The molecular formula is C11H17BrN2OS. The summed E-state index contributed by atoms with van der Waals surface area (Å²) < 4.78 is 8.71. The van der Waals surface area contributed by atoms with Gasteiger partial charge in [0, 0.05) is 25.2 Å². The summed E-state index contributed by atoms with van der Waals surface area (Å²) in [4.78, 5) is 0. The van der Waals surface area contributed by atoms with Crippen LogP contribution in [0.5, 0.6) is 0 Å². The molecule has 90 valence electrons. The number of ether oxygens (including phenoxy) is 1. The van der Waals surface area contributed by atoms with Crippen LogP contribution in [0.3, 0.4) is 0 Å². The Morgan fingerprint density at radius 1 is 1.62 bits per heavy atom. The Morgan fingerprint density at radius 3 is 3.00 bits per heavy atom. The van der Waals surface area contributed by atoms with Crippen molar-refractivity contribution in [3.63, 3.8) is 0 Å². The van der Waals surface area contributed by atoms with E-state index in [-0.39, 0.29) is 0 Å². The van der Waals surface area contributed by atoms with Crippen molar-refractivity contribution in [3.05, 3.63) is 15.9 Å². The molecule has 0 aliphatic carbocycles. The lowest BCUT2D eigenvalue weighted by molar-refractivity contribution is 0.129. The molecule has 2 heterocycles. The Bertz CT molecular complexity index is 361. The predicted molar refractivity (Wildman–Crippen MR) is 70.8 cm³/mol. The summed E-state index contributed by atoms with van der Waals surface area (Å²) >= 11 is 5.52. The van der Waals surface area contributed by atoms with Crippen LogP contribution < -0.4 is 0 Å². The normalized spacial score (nSPS) is 20.6. The van der Waals surface area contributed by atoms with Gasteiger partial charge in [-0.25, -0.2) is 0 Å². The van der Waals surface area contributed by atoms with E-state index in [2.05, 4.69) is 21.0 Å². The molecule has 1 fully saturated rings. The minimum atomic E-state index is 0.470. The van der Waals surface area contributed by atoms with Gasteiger partial charge in [0.15, 0.2) is 0 Å². The van der Waals surface area contributed by atoms with E-state index in [1.165, 1.54) is 18.5 Å². The van der Waals surface area contributed by atoms with Gasteiger partial charge in [-0.3, -0.25) is 4.68 Å². The minimum absolute atomic E-state index is 0.470. The lowest BCUT2D eigenvalue weighted by Gasteiger charge is -2.08. The minimum Gasteiger partial charge on any atom is -0.377 e. The van der Waals surface area contributed by atoms with E-state index >= 15 is 0 Å². The number of hydrogen-bond acceptors (Lipinski definition) is 3. The molecule has 3 nitrogen and oxygen atoms in total. The summed E-state index contributed by atoms with van der Waals surface area (Å²) in [6, 6.07) is 0. The largest absolute Gasteiger partial charge is 0.377 e. The van der Waals surface area contributed by atoms with Crippen LogP contribution in [0, 0.1) is 6.92 Å². The van der Waals surface area contributed by atoms with Crippen LogP contribution in [0.1, 0.15) is 24.2 Å². The molecule has 1 aliphatic heterocycles. The molecule has 0 N–H and O–H groups in total. The van der Waals surface area contributed by atoms with E-state index in [0.717, 1.165) is 28.3 Å². The molecule has 1 aromatic rings. The number of thioether (sulfide) groups is 1. The van der Waals surface area contributed by atoms with Gasteiger partial charge in [-0.2, -0.15) is 16.9 Å². The molecule has 1 saturated heterocycles. The Balaban J connectivity index is 1.84. The number of halogens is 1. The molecular weight excluding hydrogens is 288 g/mol. The van der Waals surface area contributed by atoms with E-state index in [1.54, 1.807) is 0 Å². The highest BCUT2D eigenvalue weighted by Crippen LogP contribution is 2.26. The maximum atomic E-state index is 5.60. The molecule has 1 atom stereocenters.